The second-order valence-corrected chi connectivity index (χ2v) is 5.80. The third-order valence-electron chi connectivity index (χ3n) is 2.60. The van der Waals surface area contributed by atoms with Crippen LogP contribution in [0.3, 0.4) is 0 Å². The summed E-state index contributed by atoms with van der Waals surface area (Å²) < 4.78 is 0. The van der Waals surface area contributed by atoms with Gasteiger partial charge in [0.1, 0.15) is 6.04 Å². The van der Waals surface area contributed by atoms with Crippen molar-refractivity contribution in [3.8, 4) is 0 Å². The van der Waals surface area contributed by atoms with Gasteiger partial charge < -0.3 is 10.6 Å². The van der Waals surface area contributed by atoms with Crippen LogP contribution < -0.4 is 10.6 Å². The van der Waals surface area contributed by atoms with Crippen molar-refractivity contribution in [2.24, 2.45) is 5.92 Å². The van der Waals surface area contributed by atoms with Crippen molar-refractivity contribution in [1.82, 2.24) is 10.6 Å². The molecular weight excluding hydrogens is 299 g/mol. The molecule has 110 valence electrons. The molecule has 6 heteroatoms. The Kier molecular flexibility index (Phi) is 6.30. The van der Waals surface area contributed by atoms with Crippen molar-refractivity contribution in [3.05, 3.63) is 33.8 Å². The largest absolute Gasteiger partial charge is 0.354 e. The van der Waals surface area contributed by atoms with Crippen molar-refractivity contribution in [2.45, 2.75) is 26.8 Å². The first-order valence-corrected chi connectivity index (χ1v) is 7.10. The van der Waals surface area contributed by atoms with Gasteiger partial charge in [0.2, 0.25) is 5.91 Å². The van der Waals surface area contributed by atoms with E-state index in [1.54, 1.807) is 13.0 Å². The number of carbonyl (C=O) groups is 2. The maximum atomic E-state index is 12.0. The Morgan fingerprint density at radius 2 is 1.85 bits per heavy atom. The fourth-order valence-corrected chi connectivity index (χ4v) is 1.97. The zero-order valence-electron chi connectivity index (χ0n) is 11.7. The molecule has 0 fully saturated rings. The quantitative estimate of drug-likeness (QED) is 0.877. The van der Waals surface area contributed by atoms with Gasteiger partial charge in [-0.15, -0.1) is 0 Å². The third-order valence-corrected chi connectivity index (χ3v) is 3.15. The first kappa shape index (κ1) is 16.8. The van der Waals surface area contributed by atoms with Gasteiger partial charge >= 0.3 is 0 Å². The highest BCUT2D eigenvalue weighted by Crippen LogP contribution is 2.20. The van der Waals surface area contributed by atoms with Gasteiger partial charge in [-0.3, -0.25) is 9.59 Å². The summed E-state index contributed by atoms with van der Waals surface area (Å²) in [6.45, 7) is 6.19. The Morgan fingerprint density at radius 1 is 1.20 bits per heavy atom. The highest BCUT2D eigenvalue weighted by atomic mass is 35.5. The lowest BCUT2D eigenvalue weighted by atomic mass is 10.2. The van der Waals surface area contributed by atoms with Gasteiger partial charge in [0, 0.05) is 11.6 Å². The van der Waals surface area contributed by atoms with Crippen molar-refractivity contribution in [2.75, 3.05) is 6.54 Å². The lowest BCUT2D eigenvalue weighted by molar-refractivity contribution is -0.122. The summed E-state index contributed by atoms with van der Waals surface area (Å²) in [5.74, 6) is -0.274. The zero-order valence-corrected chi connectivity index (χ0v) is 13.2. The summed E-state index contributed by atoms with van der Waals surface area (Å²) in [5.41, 5.74) is 0.291. The lowest BCUT2D eigenvalue weighted by Gasteiger charge is -2.15. The molecule has 1 atom stereocenters. The standard InChI is InChI=1S/C14H18Cl2N2O2/c1-8(2)7-17-13(19)9(3)18-14(20)11-5-4-10(15)6-12(11)16/h4-6,8-9H,7H2,1-3H3,(H,17,19)(H,18,20)/t9-/m0/s1. The van der Waals surface area contributed by atoms with Crippen molar-refractivity contribution >= 4 is 35.0 Å². The van der Waals surface area contributed by atoms with E-state index in [9.17, 15) is 9.59 Å². The van der Waals surface area contributed by atoms with Crippen LogP contribution in [0.1, 0.15) is 31.1 Å². The molecule has 0 bridgehead atoms. The van der Waals surface area contributed by atoms with Crippen molar-refractivity contribution < 1.29 is 9.59 Å². The van der Waals surface area contributed by atoms with Gasteiger partial charge in [-0.2, -0.15) is 0 Å². The number of hydrogen-bond acceptors (Lipinski definition) is 2. The molecule has 1 aromatic rings. The number of carbonyl (C=O) groups excluding carboxylic acids is 2. The molecule has 0 saturated heterocycles. The Balaban J connectivity index is 2.63. The van der Waals surface area contributed by atoms with E-state index in [1.165, 1.54) is 12.1 Å². The Hall–Kier alpha value is -1.26. The Labute approximate surface area is 128 Å². The molecular formula is C14H18Cl2N2O2. The van der Waals surface area contributed by atoms with E-state index >= 15 is 0 Å². The summed E-state index contributed by atoms with van der Waals surface area (Å²) in [6.07, 6.45) is 0. The summed E-state index contributed by atoms with van der Waals surface area (Å²) in [6, 6.07) is 3.96. The van der Waals surface area contributed by atoms with Crippen LogP contribution in [-0.4, -0.2) is 24.4 Å². The third kappa shape index (κ3) is 5.02. The molecule has 2 amide bonds. The Bertz CT molecular complexity index is 504. The van der Waals surface area contributed by atoms with Gasteiger partial charge in [0.15, 0.2) is 0 Å². The van der Waals surface area contributed by atoms with Crippen LogP contribution in [0.4, 0.5) is 0 Å². The van der Waals surface area contributed by atoms with Gasteiger partial charge in [-0.25, -0.2) is 0 Å². The van der Waals surface area contributed by atoms with Gasteiger partial charge in [0.05, 0.1) is 10.6 Å². The summed E-state index contributed by atoms with van der Waals surface area (Å²) in [5, 5.41) is 6.06. The van der Waals surface area contributed by atoms with Gasteiger partial charge in [-0.1, -0.05) is 37.0 Å². The predicted molar refractivity (Wildman–Crippen MR) is 81.2 cm³/mol. The first-order valence-electron chi connectivity index (χ1n) is 6.35. The van der Waals surface area contributed by atoms with Crippen LogP contribution in [0.15, 0.2) is 18.2 Å². The first-order chi connectivity index (χ1) is 9.31. The molecule has 0 aliphatic carbocycles. The average molecular weight is 317 g/mol. The lowest BCUT2D eigenvalue weighted by Crippen LogP contribution is -2.45. The fraction of sp³-hybridized carbons (Fsp3) is 0.429. The molecule has 1 rings (SSSR count). The summed E-state index contributed by atoms with van der Waals surface area (Å²) >= 11 is 11.7. The molecule has 4 nitrogen and oxygen atoms in total. The van der Waals surface area contributed by atoms with Crippen LogP contribution in [0, 0.1) is 5.92 Å². The molecule has 0 radical (unpaired) electrons. The SMILES string of the molecule is CC(C)CNC(=O)[C@H](C)NC(=O)c1ccc(Cl)cc1Cl. The van der Waals surface area contributed by atoms with Crippen LogP contribution >= 0.6 is 23.2 Å². The minimum Gasteiger partial charge on any atom is -0.354 e. The van der Waals surface area contributed by atoms with E-state index in [0.29, 0.717) is 23.0 Å². The second kappa shape index (κ2) is 7.50. The highest BCUT2D eigenvalue weighted by molar-refractivity contribution is 6.36. The van der Waals surface area contributed by atoms with Crippen LogP contribution in [0.25, 0.3) is 0 Å². The second-order valence-electron chi connectivity index (χ2n) is 4.96. The number of rotatable bonds is 5. The monoisotopic (exact) mass is 316 g/mol. The maximum absolute atomic E-state index is 12.0. The van der Waals surface area contributed by atoms with E-state index in [4.69, 9.17) is 23.2 Å². The number of benzene rings is 1. The average Bonchev–Trinajstić information content (AvgIpc) is 2.35. The molecule has 0 spiro atoms. The minimum absolute atomic E-state index is 0.225. The fourth-order valence-electron chi connectivity index (χ4n) is 1.47. The molecule has 1 aromatic carbocycles. The highest BCUT2D eigenvalue weighted by Gasteiger charge is 2.18. The molecule has 20 heavy (non-hydrogen) atoms. The number of amides is 2. The predicted octanol–water partition coefficient (Wildman–Crippen LogP) is 2.88. The number of hydrogen-bond donors (Lipinski definition) is 2. The molecule has 0 saturated carbocycles. The van der Waals surface area contributed by atoms with Crippen LogP contribution in [0.5, 0.6) is 0 Å². The molecule has 0 heterocycles. The normalized spacial score (nSPS) is 12.1. The molecule has 0 aromatic heterocycles. The topological polar surface area (TPSA) is 58.2 Å². The molecule has 0 unspecified atom stereocenters. The van der Waals surface area contributed by atoms with E-state index < -0.39 is 11.9 Å². The summed E-state index contributed by atoms with van der Waals surface area (Å²) in [7, 11) is 0. The number of nitrogens with one attached hydrogen (secondary N) is 2. The number of halogens is 2. The van der Waals surface area contributed by atoms with Gasteiger partial charge in [-0.05, 0) is 31.0 Å². The van der Waals surface area contributed by atoms with E-state index in [1.807, 2.05) is 13.8 Å². The van der Waals surface area contributed by atoms with Crippen LogP contribution in [-0.2, 0) is 4.79 Å². The van der Waals surface area contributed by atoms with Crippen molar-refractivity contribution in [3.63, 3.8) is 0 Å². The van der Waals surface area contributed by atoms with E-state index in [-0.39, 0.29) is 10.9 Å². The molecule has 0 aliphatic rings. The minimum atomic E-state index is -0.631. The molecule has 0 aliphatic heterocycles. The Morgan fingerprint density at radius 3 is 2.40 bits per heavy atom. The van der Waals surface area contributed by atoms with E-state index in [0.717, 1.165) is 0 Å². The smallest absolute Gasteiger partial charge is 0.253 e. The zero-order chi connectivity index (χ0) is 15.3. The summed E-state index contributed by atoms with van der Waals surface area (Å²) in [4.78, 5) is 23.8. The molecule has 2 N–H and O–H groups in total. The van der Waals surface area contributed by atoms with E-state index in [2.05, 4.69) is 10.6 Å². The maximum Gasteiger partial charge on any atom is 0.253 e. The van der Waals surface area contributed by atoms with Gasteiger partial charge in [0.25, 0.3) is 5.91 Å². The van der Waals surface area contributed by atoms with Crippen LogP contribution in [0.2, 0.25) is 10.0 Å². The van der Waals surface area contributed by atoms with Crippen molar-refractivity contribution in [1.29, 1.82) is 0 Å².